The van der Waals surface area contributed by atoms with Crippen molar-refractivity contribution in [1.82, 2.24) is 10.3 Å². The lowest BCUT2D eigenvalue weighted by Gasteiger charge is -2.10. The summed E-state index contributed by atoms with van der Waals surface area (Å²) in [6, 6.07) is 6.42. The summed E-state index contributed by atoms with van der Waals surface area (Å²) in [6.07, 6.45) is 13.1. The molecule has 1 amide bonds. The van der Waals surface area contributed by atoms with E-state index in [1.54, 1.807) is 6.20 Å². The van der Waals surface area contributed by atoms with Gasteiger partial charge in [-0.2, -0.15) is 0 Å². The third-order valence-corrected chi connectivity index (χ3v) is 4.52. The van der Waals surface area contributed by atoms with Gasteiger partial charge in [0.25, 0.3) is 11.9 Å². The highest BCUT2D eigenvalue weighted by Crippen LogP contribution is 2.28. The average molecular weight is 335 g/mol. The van der Waals surface area contributed by atoms with Crippen LogP contribution < -0.4 is 10.6 Å². The summed E-state index contributed by atoms with van der Waals surface area (Å²) in [5, 5.41) is 6.20. The number of nitrogens with one attached hydrogen (secondary N) is 2. The van der Waals surface area contributed by atoms with Gasteiger partial charge in [-0.05, 0) is 43.9 Å². The lowest BCUT2D eigenvalue weighted by molar-refractivity contribution is 0.0951. The molecule has 1 unspecified atom stereocenters. The minimum absolute atomic E-state index is 0.0298. The molecule has 128 valence electrons. The van der Waals surface area contributed by atoms with Gasteiger partial charge in [0.1, 0.15) is 5.76 Å². The third-order valence-electron chi connectivity index (χ3n) is 4.52. The van der Waals surface area contributed by atoms with Gasteiger partial charge in [0.05, 0.1) is 6.20 Å². The van der Waals surface area contributed by atoms with Crippen LogP contribution in [0.1, 0.15) is 46.9 Å². The van der Waals surface area contributed by atoms with E-state index < -0.39 is 0 Å². The molecule has 0 saturated heterocycles. The van der Waals surface area contributed by atoms with Crippen molar-refractivity contribution in [3.8, 4) is 0 Å². The zero-order chi connectivity index (χ0) is 17.2. The second kappa shape index (κ2) is 6.59. The molecule has 2 aliphatic carbocycles. The number of benzene rings is 1. The smallest absolute Gasteiger partial charge is 0.299 e. The number of hydrogen-bond donors (Lipinski definition) is 2. The molecule has 0 spiro atoms. The van der Waals surface area contributed by atoms with Crippen LogP contribution in [0.25, 0.3) is 0 Å². The molecule has 5 nitrogen and oxygen atoms in total. The van der Waals surface area contributed by atoms with Gasteiger partial charge in [-0.1, -0.05) is 30.4 Å². The molecule has 5 heteroatoms. The molecule has 1 heterocycles. The highest BCUT2D eigenvalue weighted by molar-refractivity contribution is 5.95. The molecule has 2 aliphatic rings. The van der Waals surface area contributed by atoms with Crippen molar-refractivity contribution in [2.75, 3.05) is 5.32 Å². The van der Waals surface area contributed by atoms with Gasteiger partial charge < -0.3 is 15.1 Å². The Balaban J connectivity index is 1.50. The van der Waals surface area contributed by atoms with Crippen LogP contribution >= 0.6 is 0 Å². The Morgan fingerprint density at radius 1 is 1.28 bits per heavy atom. The van der Waals surface area contributed by atoms with Crippen molar-refractivity contribution in [3.05, 3.63) is 65.6 Å². The van der Waals surface area contributed by atoms with E-state index in [1.807, 2.05) is 37.3 Å². The third kappa shape index (κ3) is 3.65. The fraction of sp³-hybridized carbons (Fsp3) is 0.300. The van der Waals surface area contributed by atoms with Gasteiger partial charge >= 0.3 is 0 Å². The van der Waals surface area contributed by atoms with Crippen LogP contribution in [0, 0.1) is 6.92 Å². The number of carbonyl (C=O) groups excluding carboxylic acids is 1. The van der Waals surface area contributed by atoms with Crippen LogP contribution in [0.15, 0.2) is 53.1 Å². The Morgan fingerprint density at radius 2 is 2.16 bits per heavy atom. The van der Waals surface area contributed by atoms with Crippen molar-refractivity contribution in [2.45, 2.75) is 38.1 Å². The van der Waals surface area contributed by atoms with Crippen LogP contribution in [0.5, 0.6) is 0 Å². The number of nitrogens with zero attached hydrogens (tertiary/aromatic N) is 1. The maximum Gasteiger partial charge on any atom is 0.299 e. The van der Waals surface area contributed by atoms with Gasteiger partial charge in [0, 0.05) is 23.2 Å². The normalized spacial score (nSPS) is 19.0. The number of anilines is 2. The molecule has 0 aliphatic heterocycles. The molecular formula is C20H21N3O2. The first kappa shape index (κ1) is 15.7. The number of aryl methyl sites for hydroxylation is 1. The van der Waals surface area contributed by atoms with Gasteiger partial charge in [-0.15, -0.1) is 0 Å². The number of aromatic nitrogens is 1. The van der Waals surface area contributed by atoms with E-state index in [9.17, 15) is 4.79 Å². The van der Waals surface area contributed by atoms with E-state index in [1.165, 1.54) is 0 Å². The molecule has 0 bridgehead atoms. The van der Waals surface area contributed by atoms with E-state index in [-0.39, 0.29) is 11.8 Å². The minimum atomic E-state index is -0.0298. The predicted molar refractivity (Wildman–Crippen MR) is 97.1 cm³/mol. The minimum Gasteiger partial charge on any atom is -0.428 e. The number of allylic oxidation sites excluding steroid dienone is 4. The van der Waals surface area contributed by atoms with Crippen LogP contribution in [-0.2, 0) is 0 Å². The Bertz CT molecular complexity index is 846. The fourth-order valence-corrected chi connectivity index (χ4v) is 2.82. The molecule has 1 fully saturated rings. The van der Waals surface area contributed by atoms with Gasteiger partial charge in [-0.3, -0.25) is 4.79 Å². The molecule has 1 aromatic carbocycles. The average Bonchev–Trinajstić information content (AvgIpc) is 3.32. The first-order valence-corrected chi connectivity index (χ1v) is 8.66. The molecule has 2 N–H and O–H groups in total. The summed E-state index contributed by atoms with van der Waals surface area (Å²) in [4.78, 5) is 16.6. The highest BCUT2D eigenvalue weighted by Gasteiger charge is 2.24. The Hall–Kier alpha value is -2.82. The van der Waals surface area contributed by atoms with Crippen molar-refractivity contribution < 1.29 is 9.21 Å². The maximum absolute atomic E-state index is 12.2. The quantitative estimate of drug-likeness (QED) is 0.858. The van der Waals surface area contributed by atoms with Gasteiger partial charge in [0.15, 0.2) is 0 Å². The summed E-state index contributed by atoms with van der Waals surface area (Å²) < 4.78 is 5.85. The summed E-state index contributed by atoms with van der Waals surface area (Å²) in [5.41, 5.74) is 2.51. The molecule has 4 rings (SSSR count). The number of hydrogen-bond acceptors (Lipinski definition) is 4. The highest BCUT2D eigenvalue weighted by atomic mass is 16.4. The number of amides is 1. The van der Waals surface area contributed by atoms with Crippen LogP contribution in [0.4, 0.5) is 11.7 Å². The Kier molecular flexibility index (Phi) is 4.14. The SMILES string of the molecule is Cc1ccc(C(=O)NC2CC2)cc1Nc1ncc(C2C=CC=CC2)o1. The summed E-state index contributed by atoms with van der Waals surface area (Å²) in [7, 11) is 0. The van der Waals surface area contributed by atoms with Crippen molar-refractivity contribution in [2.24, 2.45) is 0 Å². The molecule has 0 radical (unpaired) electrons. The molecule has 1 atom stereocenters. The lowest BCUT2D eigenvalue weighted by Crippen LogP contribution is -2.25. The molecule has 1 aromatic heterocycles. The standard InChI is InChI=1S/C20H21N3O2/c1-13-7-8-15(19(24)22-16-9-10-16)11-17(13)23-20-21-12-18(25-20)14-5-3-2-4-6-14/h2-5,7-8,11-12,14,16H,6,9-10H2,1H3,(H,21,23)(H,22,24). The van der Waals surface area contributed by atoms with Crippen LogP contribution in [-0.4, -0.2) is 16.9 Å². The lowest BCUT2D eigenvalue weighted by atomic mass is 9.99. The van der Waals surface area contributed by atoms with E-state index in [0.29, 0.717) is 17.6 Å². The number of oxazole rings is 1. The first-order chi connectivity index (χ1) is 12.2. The maximum atomic E-state index is 12.2. The predicted octanol–water partition coefficient (Wildman–Crippen LogP) is 4.22. The topological polar surface area (TPSA) is 67.2 Å². The van der Waals surface area contributed by atoms with E-state index >= 15 is 0 Å². The number of rotatable bonds is 5. The monoisotopic (exact) mass is 335 g/mol. The van der Waals surface area contributed by atoms with Crippen molar-refractivity contribution >= 4 is 17.6 Å². The first-order valence-electron chi connectivity index (χ1n) is 8.66. The van der Waals surface area contributed by atoms with Gasteiger partial charge in [-0.25, -0.2) is 4.98 Å². The largest absolute Gasteiger partial charge is 0.428 e. The Morgan fingerprint density at radius 3 is 2.92 bits per heavy atom. The molecule has 25 heavy (non-hydrogen) atoms. The molecule has 1 saturated carbocycles. The fourth-order valence-electron chi connectivity index (χ4n) is 2.82. The number of carbonyl (C=O) groups is 1. The summed E-state index contributed by atoms with van der Waals surface area (Å²) >= 11 is 0. The molecular weight excluding hydrogens is 314 g/mol. The second-order valence-electron chi connectivity index (χ2n) is 6.63. The van der Waals surface area contributed by atoms with Gasteiger partial charge in [0.2, 0.25) is 0 Å². The van der Waals surface area contributed by atoms with E-state index in [0.717, 1.165) is 36.3 Å². The second-order valence-corrected chi connectivity index (χ2v) is 6.63. The van der Waals surface area contributed by atoms with Crippen molar-refractivity contribution in [3.63, 3.8) is 0 Å². The summed E-state index contributed by atoms with van der Waals surface area (Å²) in [5.74, 6) is 1.03. The zero-order valence-corrected chi connectivity index (χ0v) is 14.2. The summed E-state index contributed by atoms with van der Waals surface area (Å²) in [6.45, 7) is 1.99. The zero-order valence-electron chi connectivity index (χ0n) is 14.2. The van der Waals surface area contributed by atoms with Crippen LogP contribution in [0.3, 0.4) is 0 Å². The van der Waals surface area contributed by atoms with Crippen LogP contribution in [0.2, 0.25) is 0 Å². The van der Waals surface area contributed by atoms with Crippen molar-refractivity contribution in [1.29, 1.82) is 0 Å². The van der Waals surface area contributed by atoms with E-state index in [4.69, 9.17) is 4.42 Å². The van der Waals surface area contributed by atoms with E-state index in [2.05, 4.69) is 27.8 Å². The molecule has 2 aromatic rings. The Labute approximate surface area is 146 Å².